The average Bonchev–Trinajstić information content (AvgIpc) is 2.80. The first kappa shape index (κ1) is 31.4. The maximum absolute atomic E-state index is 13.7. The van der Waals surface area contributed by atoms with Crippen LogP contribution in [0.4, 0.5) is 4.79 Å². The number of aryl methyl sites for hydroxylation is 2. The average molecular weight is 523 g/mol. The molecule has 12 heteroatoms. The van der Waals surface area contributed by atoms with Crippen molar-refractivity contribution >= 4 is 29.8 Å². The van der Waals surface area contributed by atoms with Crippen molar-refractivity contribution in [3.63, 3.8) is 0 Å². The number of carbonyl (C=O) groups excluding carboxylic acids is 5. The molecule has 1 rings (SSSR count). The normalized spacial score (nSPS) is 12.6. The Morgan fingerprint density at radius 3 is 2.27 bits per heavy atom. The number of amides is 4. The third-order valence-electron chi connectivity index (χ3n) is 5.33. The molecule has 12 nitrogen and oxygen atoms in total. The highest BCUT2D eigenvalue weighted by molar-refractivity contribution is 5.93. The highest BCUT2D eigenvalue weighted by Gasteiger charge is 2.36. The molecule has 2 atom stereocenters. The molecule has 0 bridgehead atoms. The molecule has 1 aromatic carbocycles. The molecule has 0 aliphatic carbocycles. The van der Waals surface area contributed by atoms with E-state index in [1.165, 1.54) is 7.11 Å². The number of rotatable bonds is 12. The Hall–Kier alpha value is -3.67. The second-order valence-electron chi connectivity index (χ2n) is 9.50. The van der Waals surface area contributed by atoms with Crippen LogP contribution in [0.2, 0.25) is 0 Å². The molecule has 4 amide bonds. The standard InChI is InChI=1S/C25H38N4O8/c1-15-7-8-17(13-16(15)2)21(22(33)27-14-20(32)36-6)29(11-12-30)23(34)18(9-10-19(26)31)28-24(35)37-25(3,4)5/h7-8,13,18,21,30H,9-12,14H2,1-6H3,(H2,26,31)(H,27,33)(H,28,35). The van der Waals surface area contributed by atoms with Gasteiger partial charge in [0.1, 0.15) is 24.2 Å². The fourth-order valence-corrected chi connectivity index (χ4v) is 3.40. The fraction of sp³-hybridized carbons (Fsp3) is 0.560. The van der Waals surface area contributed by atoms with Crippen LogP contribution in [-0.4, -0.2) is 78.2 Å². The molecule has 0 saturated carbocycles. The van der Waals surface area contributed by atoms with Crippen LogP contribution < -0.4 is 16.4 Å². The van der Waals surface area contributed by atoms with Crippen LogP contribution in [0, 0.1) is 13.8 Å². The molecular weight excluding hydrogens is 484 g/mol. The summed E-state index contributed by atoms with van der Waals surface area (Å²) in [6.45, 7) is 7.41. The molecule has 0 radical (unpaired) electrons. The molecule has 5 N–H and O–H groups in total. The van der Waals surface area contributed by atoms with E-state index in [0.29, 0.717) is 5.56 Å². The summed E-state index contributed by atoms with van der Waals surface area (Å²) in [6, 6.07) is 2.57. The lowest BCUT2D eigenvalue weighted by atomic mass is 9.98. The lowest BCUT2D eigenvalue weighted by Crippen LogP contribution is -2.54. The smallest absolute Gasteiger partial charge is 0.408 e. The summed E-state index contributed by atoms with van der Waals surface area (Å²) in [7, 11) is 1.17. The molecule has 37 heavy (non-hydrogen) atoms. The summed E-state index contributed by atoms with van der Waals surface area (Å²) in [5, 5.41) is 14.7. The van der Waals surface area contributed by atoms with Gasteiger partial charge in [-0.25, -0.2) is 4.79 Å². The first-order chi connectivity index (χ1) is 17.2. The van der Waals surface area contributed by atoms with Crippen LogP contribution in [0.3, 0.4) is 0 Å². The fourth-order valence-electron chi connectivity index (χ4n) is 3.40. The van der Waals surface area contributed by atoms with Gasteiger partial charge in [-0.15, -0.1) is 0 Å². The molecule has 0 aliphatic rings. The van der Waals surface area contributed by atoms with E-state index in [2.05, 4.69) is 15.4 Å². The summed E-state index contributed by atoms with van der Waals surface area (Å²) in [4.78, 5) is 63.7. The largest absolute Gasteiger partial charge is 0.468 e. The minimum Gasteiger partial charge on any atom is -0.468 e. The lowest BCUT2D eigenvalue weighted by molar-refractivity contribution is -0.145. The van der Waals surface area contributed by atoms with E-state index in [9.17, 15) is 29.1 Å². The Kier molecular flexibility index (Phi) is 12.0. The first-order valence-electron chi connectivity index (χ1n) is 11.8. The lowest BCUT2D eigenvalue weighted by Gasteiger charge is -2.34. The topological polar surface area (TPSA) is 177 Å². The number of hydrogen-bond donors (Lipinski definition) is 4. The van der Waals surface area contributed by atoms with E-state index in [0.717, 1.165) is 16.0 Å². The zero-order valence-electron chi connectivity index (χ0n) is 22.3. The van der Waals surface area contributed by atoms with Crippen molar-refractivity contribution < 1.29 is 38.6 Å². The Bertz CT molecular complexity index is 989. The van der Waals surface area contributed by atoms with Crippen molar-refractivity contribution in [1.82, 2.24) is 15.5 Å². The van der Waals surface area contributed by atoms with E-state index in [-0.39, 0.29) is 19.4 Å². The van der Waals surface area contributed by atoms with Gasteiger partial charge < -0.3 is 35.8 Å². The molecule has 206 valence electrons. The van der Waals surface area contributed by atoms with Crippen LogP contribution in [0.15, 0.2) is 18.2 Å². The van der Waals surface area contributed by atoms with Gasteiger partial charge in [-0.05, 0) is 57.7 Å². The molecule has 1 aromatic rings. The highest BCUT2D eigenvalue weighted by Crippen LogP contribution is 2.25. The molecule has 0 aromatic heterocycles. The van der Waals surface area contributed by atoms with Crippen molar-refractivity contribution in [3.8, 4) is 0 Å². The molecular formula is C25H38N4O8. The maximum atomic E-state index is 13.7. The van der Waals surface area contributed by atoms with Crippen molar-refractivity contribution in [2.75, 3.05) is 26.8 Å². The molecule has 0 spiro atoms. The Labute approximate surface area is 216 Å². The van der Waals surface area contributed by atoms with E-state index < -0.39 is 60.6 Å². The van der Waals surface area contributed by atoms with Gasteiger partial charge in [-0.1, -0.05) is 18.2 Å². The summed E-state index contributed by atoms with van der Waals surface area (Å²) in [6.07, 6.45) is -1.31. The second kappa shape index (κ2) is 14.2. The minimum atomic E-state index is -1.30. The van der Waals surface area contributed by atoms with E-state index in [1.54, 1.807) is 39.0 Å². The number of carbonyl (C=O) groups is 5. The van der Waals surface area contributed by atoms with Crippen molar-refractivity contribution in [1.29, 1.82) is 0 Å². The molecule has 0 heterocycles. The molecule has 0 fully saturated rings. The number of nitrogens with zero attached hydrogens (tertiary/aromatic N) is 1. The van der Waals surface area contributed by atoms with E-state index in [1.807, 2.05) is 13.8 Å². The van der Waals surface area contributed by atoms with Gasteiger partial charge in [0.25, 0.3) is 0 Å². The number of ether oxygens (including phenoxy) is 2. The van der Waals surface area contributed by atoms with E-state index in [4.69, 9.17) is 10.5 Å². The zero-order chi connectivity index (χ0) is 28.3. The summed E-state index contributed by atoms with van der Waals surface area (Å²) in [5.41, 5.74) is 6.61. The summed E-state index contributed by atoms with van der Waals surface area (Å²) in [5.74, 6) is -2.85. The second-order valence-corrected chi connectivity index (χ2v) is 9.50. The third-order valence-corrected chi connectivity index (χ3v) is 5.33. The number of hydrogen-bond acceptors (Lipinski definition) is 8. The van der Waals surface area contributed by atoms with Gasteiger partial charge in [0.05, 0.1) is 13.7 Å². The van der Waals surface area contributed by atoms with Gasteiger partial charge in [0.2, 0.25) is 17.7 Å². The third kappa shape index (κ3) is 10.5. The predicted molar refractivity (Wildman–Crippen MR) is 134 cm³/mol. The molecule has 0 saturated heterocycles. The first-order valence-corrected chi connectivity index (χ1v) is 11.8. The van der Waals surface area contributed by atoms with Crippen LogP contribution in [-0.2, 0) is 28.7 Å². The number of aliphatic hydroxyl groups excluding tert-OH is 1. The number of primary amides is 1. The zero-order valence-corrected chi connectivity index (χ0v) is 22.3. The van der Waals surface area contributed by atoms with Crippen molar-refractivity contribution in [3.05, 3.63) is 34.9 Å². The molecule has 2 unspecified atom stereocenters. The van der Waals surface area contributed by atoms with Crippen molar-refractivity contribution in [2.24, 2.45) is 5.73 Å². The molecule has 0 aliphatic heterocycles. The number of nitrogens with two attached hydrogens (primary N) is 1. The van der Waals surface area contributed by atoms with Gasteiger partial charge in [0, 0.05) is 13.0 Å². The monoisotopic (exact) mass is 522 g/mol. The summed E-state index contributed by atoms with van der Waals surface area (Å²) >= 11 is 0. The number of methoxy groups -OCH3 is 1. The van der Waals surface area contributed by atoms with Gasteiger partial charge in [-0.3, -0.25) is 19.2 Å². The number of esters is 1. The number of benzene rings is 1. The maximum Gasteiger partial charge on any atom is 0.408 e. The van der Waals surface area contributed by atoms with Gasteiger partial charge in [0.15, 0.2) is 0 Å². The minimum absolute atomic E-state index is 0.168. The van der Waals surface area contributed by atoms with Crippen LogP contribution in [0.1, 0.15) is 56.3 Å². The van der Waals surface area contributed by atoms with Crippen molar-refractivity contribution in [2.45, 2.75) is 65.1 Å². The number of alkyl carbamates (subject to hydrolysis) is 1. The van der Waals surface area contributed by atoms with Gasteiger partial charge in [-0.2, -0.15) is 0 Å². The Morgan fingerprint density at radius 1 is 1.11 bits per heavy atom. The number of aliphatic hydroxyl groups is 1. The Morgan fingerprint density at radius 2 is 1.76 bits per heavy atom. The quantitative estimate of drug-likeness (QED) is 0.289. The highest BCUT2D eigenvalue weighted by atomic mass is 16.6. The number of nitrogens with one attached hydrogen (secondary N) is 2. The predicted octanol–water partition coefficient (Wildman–Crippen LogP) is 0.613. The summed E-state index contributed by atoms with van der Waals surface area (Å²) < 4.78 is 9.82. The van der Waals surface area contributed by atoms with Gasteiger partial charge >= 0.3 is 12.1 Å². The van der Waals surface area contributed by atoms with Crippen LogP contribution >= 0.6 is 0 Å². The Balaban J connectivity index is 3.48. The van der Waals surface area contributed by atoms with E-state index >= 15 is 0 Å². The van der Waals surface area contributed by atoms with Crippen LogP contribution in [0.25, 0.3) is 0 Å². The van der Waals surface area contributed by atoms with Crippen LogP contribution in [0.5, 0.6) is 0 Å². The SMILES string of the molecule is COC(=O)CNC(=O)C(c1ccc(C)c(C)c1)N(CCO)C(=O)C(CCC(N)=O)NC(=O)OC(C)(C)C.